The van der Waals surface area contributed by atoms with Crippen molar-refractivity contribution >= 4 is 11.6 Å². The van der Waals surface area contributed by atoms with Gasteiger partial charge < -0.3 is 5.11 Å². The van der Waals surface area contributed by atoms with E-state index in [2.05, 4.69) is 10.1 Å². The van der Waals surface area contributed by atoms with Gasteiger partial charge in [0.2, 0.25) is 0 Å². The van der Waals surface area contributed by atoms with Crippen LogP contribution in [0.3, 0.4) is 0 Å². The van der Waals surface area contributed by atoms with Gasteiger partial charge in [0.25, 0.3) is 0 Å². The zero-order valence-electron chi connectivity index (χ0n) is 7.92. The van der Waals surface area contributed by atoms with Gasteiger partial charge >= 0.3 is 5.97 Å². The Labute approximate surface area is 85.4 Å². The van der Waals surface area contributed by atoms with E-state index in [-0.39, 0.29) is 0 Å². The Kier molecular flexibility index (Phi) is 1.44. The second-order valence-corrected chi connectivity index (χ2v) is 3.86. The summed E-state index contributed by atoms with van der Waals surface area (Å²) >= 11 is 0. The molecule has 1 aliphatic rings. The molecule has 0 bridgehead atoms. The van der Waals surface area contributed by atoms with Crippen LogP contribution in [-0.2, 0) is 10.2 Å². The van der Waals surface area contributed by atoms with Crippen LogP contribution in [0.2, 0.25) is 0 Å². The van der Waals surface area contributed by atoms with E-state index in [1.54, 1.807) is 29.2 Å². The standard InChI is InChI=1S/C10H9N3O2/c14-9(15)10(2-3-10)7-5-11-8-1-4-12-13(8)6-7/h1,4-6H,2-3H2,(H,14,15). The molecule has 5 heteroatoms. The third-order valence-corrected chi connectivity index (χ3v) is 2.96. The van der Waals surface area contributed by atoms with Gasteiger partial charge in [-0.05, 0) is 12.8 Å². The van der Waals surface area contributed by atoms with Crippen molar-refractivity contribution in [2.24, 2.45) is 0 Å². The van der Waals surface area contributed by atoms with Gasteiger partial charge in [-0.15, -0.1) is 0 Å². The highest BCUT2D eigenvalue weighted by molar-refractivity contribution is 5.84. The number of aromatic nitrogens is 3. The third-order valence-electron chi connectivity index (χ3n) is 2.96. The smallest absolute Gasteiger partial charge is 0.314 e. The lowest BCUT2D eigenvalue weighted by atomic mass is 10.00. The van der Waals surface area contributed by atoms with Gasteiger partial charge in [0.05, 0.1) is 11.6 Å². The van der Waals surface area contributed by atoms with Crippen LogP contribution in [0.25, 0.3) is 5.65 Å². The number of hydrogen-bond donors (Lipinski definition) is 1. The molecule has 1 N–H and O–H groups in total. The van der Waals surface area contributed by atoms with Crippen molar-refractivity contribution in [2.75, 3.05) is 0 Å². The summed E-state index contributed by atoms with van der Waals surface area (Å²) < 4.78 is 1.61. The SMILES string of the molecule is O=C(O)C1(c2cnc3ccnn3c2)CC1. The first-order valence-electron chi connectivity index (χ1n) is 4.76. The number of carboxylic acid groups (broad SMARTS) is 1. The second-order valence-electron chi connectivity index (χ2n) is 3.86. The highest BCUT2D eigenvalue weighted by Crippen LogP contribution is 2.48. The summed E-state index contributed by atoms with van der Waals surface area (Å²) in [6.45, 7) is 0. The van der Waals surface area contributed by atoms with Crippen molar-refractivity contribution < 1.29 is 9.90 Å². The first-order valence-corrected chi connectivity index (χ1v) is 4.76. The minimum Gasteiger partial charge on any atom is -0.481 e. The van der Waals surface area contributed by atoms with Crippen LogP contribution in [-0.4, -0.2) is 25.7 Å². The first kappa shape index (κ1) is 8.40. The molecule has 1 fully saturated rings. The first-order chi connectivity index (χ1) is 7.22. The monoisotopic (exact) mass is 203 g/mol. The van der Waals surface area contributed by atoms with Gasteiger partial charge in [-0.3, -0.25) is 4.79 Å². The molecule has 2 aromatic heterocycles. The molecule has 0 spiro atoms. The van der Waals surface area contributed by atoms with E-state index in [0.29, 0.717) is 12.8 Å². The lowest BCUT2D eigenvalue weighted by molar-refractivity contribution is -0.140. The maximum atomic E-state index is 11.1. The van der Waals surface area contributed by atoms with Gasteiger partial charge in [0, 0.05) is 24.0 Å². The molecule has 0 radical (unpaired) electrons. The third kappa shape index (κ3) is 1.06. The van der Waals surface area contributed by atoms with Crippen molar-refractivity contribution in [1.29, 1.82) is 0 Å². The van der Waals surface area contributed by atoms with Gasteiger partial charge in [0.15, 0.2) is 5.65 Å². The maximum Gasteiger partial charge on any atom is 0.314 e. The molecule has 0 aromatic carbocycles. The van der Waals surface area contributed by atoms with Gasteiger partial charge in [-0.1, -0.05) is 0 Å². The number of carbonyl (C=O) groups is 1. The van der Waals surface area contributed by atoms with Gasteiger partial charge in [0.1, 0.15) is 0 Å². The summed E-state index contributed by atoms with van der Waals surface area (Å²) in [6.07, 6.45) is 6.42. The van der Waals surface area contributed by atoms with Crippen LogP contribution in [0.15, 0.2) is 24.7 Å². The quantitative estimate of drug-likeness (QED) is 0.785. The molecule has 2 heterocycles. The molecule has 0 unspecified atom stereocenters. The highest BCUT2D eigenvalue weighted by Gasteiger charge is 2.52. The minimum absolute atomic E-state index is 0.691. The summed E-state index contributed by atoms with van der Waals surface area (Å²) in [4.78, 5) is 15.3. The average Bonchev–Trinajstić information content (AvgIpc) is 2.91. The minimum atomic E-state index is -0.768. The zero-order chi connectivity index (χ0) is 10.5. The second kappa shape index (κ2) is 2.56. The maximum absolute atomic E-state index is 11.1. The van der Waals surface area contributed by atoms with E-state index in [4.69, 9.17) is 5.11 Å². The number of aliphatic carboxylic acids is 1. The van der Waals surface area contributed by atoms with E-state index < -0.39 is 11.4 Å². The molecule has 5 nitrogen and oxygen atoms in total. The molecule has 0 saturated heterocycles. The zero-order valence-corrected chi connectivity index (χ0v) is 7.92. The topological polar surface area (TPSA) is 67.5 Å². The Hall–Kier alpha value is -1.91. The summed E-state index contributed by atoms with van der Waals surface area (Å²) in [5.74, 6) is -0.768. The van der Waals surface area contributed by atoms with E-state index in [1.807, 2.05) is 0 Å². The molecule has 3 rings (SSSR count). The lowest BCUT2D eigenvalue weighted by Gasteiger charge is -2.08. The molecular formula is C10H9N3O2. The van der Waals surface area contributed by atoms with Crippen LogP contribution >= 0.6 is 0 Å². The molecule has 1 saturated carbocycles. The fourth-order valence-corrected chi connectivity index (χ4v) is 1.81. The van der Waals surface area contributed by atoms with E-state index in [1.165, 1.54) is 0 Å². The fraction of sp³-hybridized carbons (Fsp3) is 0.300. The Balaban J connectivity index is 2.15. The van der Waals surface area contributed by atoms with Crippen molar-refractivity contribution in [2.45, 2.75) is 18.3 Å². The Morgan fingerprint density at radius 1 is 1.53 bits per heavy atom. The number of fused-ring (bicyclic) bond motifs is 1. The summed E-state index contributed by atoms with van der Waals surface area (Å²) in [7, 11) is 0. The van der Waals surface area contributed by atoms with Gasteiger partial charge in [-0.2, -0.15) is 5.10 Å². The average molecular weight is 203 g/mol. The molecule has 0 amide bonds. The number of hydrogen-bond acceptors (Lipinski definition) is 3. The summed E-state index contributed by atoms with van der Waals surface area (Å²) in [6, 6.07) is 1.78. The Bertz CT molecular complexity index is 542. The van der Waals surface area contributed by atoms with Crippen LogP contribution in [0, 0.1) is 0 Å². The number of rotatable bonds is 2. The van der Waals surface area contributed by atoms with E-state index >= 15 is 0 Å². The van der Waals surface area contributed by atoms with Crippen LogP contribution in [0.5, 0.6) is 0 Å². The molecular weight excluding hydrogens is 194 g/mol. The predicted octanol–water partition coefficient (Wildman–Crippen LogP) is 0.845. The molecule has 15 heavy (non-hydrogen) atoms. The molecule has 2 aromatic rings. The molecule has 0 aliphatic heterocycles. The Morgan fingerprint density at radius 2 is 2.33 bits per heavy atom. The number of nitrogens with zero attached hydrogens (tertiary/aromatic N) is 3. The molecule has 1 aliphatic carbocycles. The van der Waals surface area contributed by atoms with Crippen molar-refractivity contribution in [3.8, 4) is 0 Å². The van der Waals surface area contributed by atoms with Crippen molar-refractivity contribution in [1.82, 2.24) is 14.6 Å². The predicted molar refractivity (Wildman–Crippen MR) is 51.5 cm³/mol. The van der Waals surface area contributed by atoms with Crippen LogP contribution < -0.4 is 0 Å². The van der Waals surface area contributed by atoms with E-state index in [9.17, 15) is 4.79 Å². The van der Waals surface area contributed by atoms with Crippen molar-refractivity contribution in [3.63, 3.8) is 0 Å². The molecule has 0 atom stereocenters. The highest BCUT2D eigenvalue weighted by atomic mass is 16.4. The normalized spacial score (nSPS) is 17.9. The van der Waals surface area contributed by atoms with Crippen LogP contribution in [0.4, 0.5) is 0 Å². The molecule has 76 valence electrons. The number of carboxylic acids is 1. The lowest BCUT2D eigenvalue weighted by Crippen LogP contribution is -2.20. The van der Waals surface area contributed by atoms with Gasteiger partial charge in [-0.25, -0.2) is 9.50 Å². The summed E-state index contributed by atoms with van der Waals surface area (Å²) in [5, 5.41) is 13.2. The Morgan fingerprint density at radius 3 is 3.00 bits per heavy atom. The largest absolute Gasteiger partial charge is 0.481 e. The van der Waals surface area contributed by atoms with Crippen LogP contribution in [0.1, 0.15) is 18.4 Å². The van der Waals surface area contributed by atoms with Crippen molar-refractivity contribution in [3.05, 3.63) is 30.2 Å². The fourth-order valence-electron chi connectivity index (χ4n) is 1.81. The summed E-state index contributed by atoms with van der Waals surface area (Å²) in [5.41, 5.74) is 0.777. The van der Waals surface area contributed by atoms with E-state index in [0.717, 1.165) is 11.2 Å².